The molecule has 1 aliphatic rings. The van der Waals surface area contributed by atoms with Crippen molar-refractivity contribution < 1.29 is 13.7 Å². The van der Waals surface area contributed by atoms with Gasteiger partial charge in [0.15, 0.2) is 5.76 Å². The van der Waals surface area contributed by atoms with Crippen molar-refractivity contribution in [2.75, 3.05) is 13.1 Å². The molecule has 23 heavy (non-hydrogen) atoms. The third-order valence-electron chi connectivity index (χ3n) is 4.01. The number of nitrogens with one attached hydrogen (secondary N) is 1. The minimum atomic E-state index is -0.884. The van der Waals surface area contributed by atoms with Crippen LogP contribution in [0.1, 0.15) is 33.9 Å². The van der Waals surface area contributed by atoms with Crippen LogP contribution in [0, 0.1) is 13.8 Å². The summed E-state index contributed by atoms with van der Waals surface area (Å²) in [6.45, 7) is 4.91. The molecular weight excluding hydrogens is 319 g/mol. The lowest BCUT2D eigenvalue weighted by atomic mass is 10.2. The van der Waals surface area contributed by atoms with Crippen LogP contribution in [-0.2, 0) is 6.54 Å². The van der Waals surface area contributed by atoms with Gasteiger partial charge in [0.25, 0.3) is 5.91 Å². The summed E-state index contributed by atoms with van der Waals surface area (Å²) in [5.41, 5.74) is 2.11. The number of likely N-dealkylation sites (tertiary alicyclic amines) is 1. The highest BCUT2D eigenvalue weighted by Gasteiger charge is 2.33. The summed E-state index contributed by atoms with van der Waals surface area (Å²) in [6, 6.07) is 1.80. The summed E-state index contributed by atoms with van der Waals surface area (Å²) < 4.78 is 23.1. The van der Waals surface area contributed by atoms with E-state index in [0.29, 0.717) is 37.4 Å². The summed E-state index contributed by atoms with van der Waals surface area (Å²) in [7, 11) is 0. The first-order valence-corrected chi connectivity index (χ1v) is 8.36. The van der Waals surface area contributed by atoms with E-state index >= 15 is 0 Å². The van der Waals surface area contributed by atoms with Gasteiger partial charge in [0.05, 0.1) is 23.5 Å². The molecule has 8 heteroatoms. The summed E-state index contributed by atoms with van der Waals surface area (Å²) in [6.07, 6.45) is -0.473. The first-order valence-electron chi connectivity index (χ1n) is 7.52. The standard InChI is InChI=1S/C15H19FN4O2S/c1-9-3-13(22-18-9)7-20-6-11(16)4-12(20)5-17-15(21)14-8-23-19-10(14)2/h3,8,11-12H,4-7H2,1-2H3,(H,17,21)/t11-,12-/m0/s1. The number of carbonyl (C=O) groups excluding carboxylic acids is 1. The van der Waals surface area contributed by atoms with Gasteiger partial charge in [0, 0.05) is 30.6 Å². The fourth-order valence-electron chi connectivity index (χ4n) is 2.84. The zero-order valence-corrected chi connectivity index (χ0v) is 13.9. The molecule has 1 saturated heterocycles. The first kappa shape index (κ1) is 16.1. The Balaban J connectivity index is 1.59. The lowest BCUT2D eigenvalue weighted by Crippen LogP contribution is -2.39. The Hall–Kier alpha value is -1.80. The van der Waals surface area contributed by atoms with Gasteiger partial charge in [-0.2, -0.15) is 4.37 Å². The number of amides is 1. The highest BCUT2D eigenvalue weighted by Crippen LogP contribution is 2.22. The van der Waals surface area contributed by atoms with Crippen LogP contribution >= 0.6 is 11.5 Å². The summed E-state index contributed by atoms with van der Waals surface area (Å²) in [5.74, 6) is 0.555. The molecule has 3 heterocycles. The molecule has 6 nitrogen and oxygen atoms in total. The van der Waals surface area contributed by atoms with Crippen LogP contribution in [0.25, 0.3) is 0 Å². The molecule has 2 aromatic rings. The van der Waals surface area contributed by atoms with E-state index in [2.05, 4.69) is 14.8 Å². The number of nitrogens with zero attached hydrogens (tertiary/aromatic N) is 3. The van der Waals surface area contributed by atoms with Gasteiger partial charge < -0.3 is 9.84 Å². The summed E-state index contributed by atoms with van der Waals surface area (Å²) >= 11 is 1.26. The van der Waals surface area contributed by atoms with Gasteiger partial charge in [-0.15, -0.1) is 0 Å². The predicted octanol–water partition coefficient (Wildman–Crippen LogP) is 2.09. The van der Waals surface area contributed by atoms with Crippen LogP contribution in [0.5, 0.6) is 0 Å². The van der Waals surface area contributed by atoms with Crippen LogP contribution < -0.4 is 5.32 Å². The molecule has 1 fully saturated rings. The van der Waals surface area contributed by atoms with E-state index in [-0.39, 0.29) is 11.9 Å². The molecule has 3 rings (SSSR count). The van der Waals surface area contributed by atoms with Gasteiger partial charge in [-0.1, -0.05) is 5.16 Å². The lowest BCUT2D eigenvalue weighted by molar-refractivity contribution is 0.0938. The van der Waals surface area contributed by atoms with E-state index in [9.17, 15) is 9.18 Å². The Morgan fingerprint density at radius 2 is 2.39 bits per heavy atom. The minimum Gasteiger partial charge on any atom is -0.360 e. The molecule has 2 aromatic heterocycles. The molecule has 0 saturated carbocycles. The van der Waals surface area contributed by atoms with Crippen molar-refractivity contribution in [1.82, 2.24) is 19.7 Å². The van der Waals surface area contributed by atoms with E-state index in [1.54, 1.807) is 12.3 Å². The Bertz CT molecular complexity index is 687. The number of rotatable bonds is 5. The van der Waals surface area contributed by atoms with E-state index < -0.39 is 6.17 Å². The van der Waals surface area contributed by atoms with Crippen molar-refractivity contribution in [3.63, 3.8) is 0 Å². The third kappa shape index (κ3) is 3.76. The van der Waals surface area contributed by atoms with Crippen LogP contribution in [0.15, 0.2) is 16.0 Å². The maximum absolute atomic E-state index is 13.8. The molecule has 2 atom stereocenters. The monoisotopic (exact) mass is 338 g/mol. The van der Waals surface area contributed by atoms with E-state index in [1.165, 1.54) is 11.5 Å². The Kier molecular flexibility index (Phi) is 4.72. The zero-order chi connectivity index (χ0) is 16.4. The SMILES string of the molecule is Cc1cc(CN2C[C@@H](F)C[C@H]2CNC(=O)c2csnc2C)on1. The van der Waals surface area contributed by atoms with Crippen molar-refractivity contribution in [1.29, 1.82) is 0 Å². The second kappa shape index (κ2) is 6.76. The van der Waals surface area contributed by atoms with E-state index in [4.69, 9.17) is 4.52 Å². The predicted molar refractivity (Wildman–Crippen MR) is 84.1 cm³/mol. The average molecular weight is 338 g/mol. The summed E-state index contributed by atoms with van der Waals surface area (Å²) in [4.78, 5) is 14.1. The number of alkyl halides is 1. The normalized spacial score (nSPS) is 21.7. The van der Waals surface area contributed by atoms with Gasteiger partial charge in [-0.05, 0) is 31.8 Å². The zero-order valence-electron chi connectivity index (χ0n) is 13.1. The third-order valence-corrected chi connectivity index (χ3v) is 4.73. The molecule has 0 unspecified atom stereocenters. The number of aryl methyl sites for hydroxylation is 2. The van der Waals surface area contributed by atoms with Gasteiger partial charge in [0.2, 0.25) is 0 Å². The molecule has 1 N–H and O–H groups in total. The molecular formula is C15H19FN4O2S. The topological polar surface area (TPSA) is 71.3 Å². The number of carbonyl (C=O) groups is 1. The number of hydrogen-bond acceptors (Lipinski definition) is 6. The summed E-state index contributed by atoms with van der Waals surface area (Å²) in [5, 5.41) is 8.46. The molecule has 1 aliphatic heterocycles. The van der Waals surface area contributed by atoms with Crippen LogP contribution in [0.3, 0.4) is 0 Å². The van der Waals surface area contributed by atoms with Crippen molar-refractivity contribution in [3.05, 3.63) is 34.2 Å². The van der Waals surface area contributed by atoms with Gasteiger partial charge >= 0.3 is 0 Å². The van der Waals surface area contributed by atoms with E-state index in [0.717, 1.165) is 11.4 Å². The van der Waals surface area contributed by atoms with Crippen LogP contribution in [0.4, 0.5) is 4.39 Å². The van der Waals surface area contributed by atoms with Crippen molar-refractivity contribution in [2.24, 2.45) is 0 Å². The van der Waals surface area contributed by atoms with Gasteiger partial charge in [-0.25, -0.2) is 4.39 Å². The quantitative estimate of drug-likeness (QED) is 0.904. The van der Waals surface area contributed by atoms with Crippen LogP contribution in [-0.4, -0.2) is 45.6 Å². The fourth-order valence-corrected chi connectivity index (χ4v) is 3.53. The molecule has 124 valence electrons. The van der Waals surface area contributed by atoms with Crippen molar-refractivity contribution >= 4 is 17.4 Å². The van der Waals surface area contributed by atoms with E-state index in [1.807, 2.05) is 17.9 Å². The molecule has 0 bridgehead atoms. The highest BCUT2D eigenvalue weighted by atomic mass is 32.1. The second-order valence-electron chi connectivity index (χ2n) is 5.87. The Morgan fingerprint density at radius 1 is 1.57 bits per heavy atom. The van der Waals surface area contributed by atoms with Crippen molar-refractivity contribution in [3.8, 4) is 0 Å². The minimum absolute atomic E-state index is 0.0498. The highest BCUT2D eigenvalue weighted by molar-refractivity contribution is 7.03. The second-order valence-corrected chi connectivity index (χ2v) is 6.50. The Morgan fingerprint density at radius 3 is 3.04 bits per heavy atom. The van der Waals surface area contributed by atoms with Crippen molar-refractivity contribution in [2.45, 2.75) is 39.0 Å². The number of aromatic nitrogens is 2. The van der Waals surface area contributed by atoms with Crippen LogP contribution in [0.2, 0.25) is 0 Å². The lowest BCUT2D eigenvalue weighted by Gasteiger charge is -2.22. The average Bonchev–Trinajstić information content (AvgIpc) is 3.18. The number of halogens is 1. The molecule has 0 aromatic carbocycles. The molecule has 0 aliphatic carbocycles. The smallest absolute Gasteiger partial charge is 0.254 e. The Labute approximate surface area is 137 Å². The molecule has 0 radical (unpaired) electrons. The largest absolute Gasteiger partial charge is 0.360 e. The van der Waals surface area contributed by atoms with Gasteiger partial charge in [-0.3, -0.25) is 9.69 Å². The van der Waals surface area contributed by atoms with Gasteiger partial charge in [0.1, 0.15) is 6.17 Å². The maximum atomic E-state index is 13.8. The first-order chi connectivity index (χ1) is 11.0. The molecule has 0 spiro atoms. The maximum Gasteiger partial charge on any atom is 0.254 e. The number of hydrogen-bond donors (Lipinski definition) is 1. The molecule has 1 amide bonds. The fraction of sp³-hybridized carbons (Fsp3) is 0.533.